The summed E-state index contributed by atoms with van der Waals surface area (Å²) < 4.78 is 5.16. The Morgan fingerprint density at radius 1 is 1.40 bits per heavy atom. The van der Waals surface area contributed by atoms with Crippen molar-refractivity contribution < 1.29 is 4.74 Å². The van der Waals surface area contributed by atoms with Crippen LogP contribution in [0.2, 0.25) is 0 Å². The molecule has 0 saturated carbocycles. The van der Waals surface area contributed by atoms with E-state index in [1.54, 1.807) is 7.11 Å². The number of likely N-dealkylation sites (tertiary alicyclic amines) is 1. The summed E-state index contributed by atoms with van der Waals surface area (Å²) in [4.78, 5) is 2.57. The summed E-state index contributed by atoms with van der Waals surface area (Å²) in [6, 6.07) is 0. The SMILES string of the molecule is COCC(C)CN1CCC(CCN)CC1. The van der Waals surface area contributed by atoms with E-state index in [2.05, 4.69) is 11.8 Å². The maximum atomic E-state index is 5.58. The molecule has 90 valence electrons. The van der Waals surface area contributed by atoms with Crippen molar-refractivity contribution in [2.75, 3.05) is 39.9 Å². The van der Waals surface area contributed by atoms with Crippen LogP contribution in [-0.4, -0.2) is 44.8 Å². The molecule has 1 rings (SSSR count). The molecule has 0 radical (unpaired) electrons. The standard InChI is InChI=1S/C12H26N2O/c1-11(10-15-2)9-14-7-4-12(3-6-13)5-8-14/h11-12H,3-10,13H2,1-2H3. The van der Waals surface area contributed by atoms with Gasteiger partial charge in [0.15, 0.2) is 0 Å². The molecule has 3 heteroatoms. The average molecular weight is 214 g/mol. The second kappa shape index (κ2) is 7.20. The van der Waals surface area contributed by atoms with Crippen LogP contribution in [0.4, 0.5) is 0 Å². The summed E-state index contributed by atoms with van der Waals surface area (Å²) in [5.41, 5.74) is 5.58. The molecule has 1 fully saturated rings. The number of hydrogen-bond donors (Lipinski definition) is 1. The number of rotatable bonds is 6. The lowest BCUT2D eigenvalue weighted by molar-refractivity contribution is 0.109. The Balaban J connectivity index is 2.14. The topological polar surface area (TPSA) is 38.5 Å². The van der Waals surface area contributed by atoms with Gasteiger partial charge in [-0.25, -0.2) is 0 Å². The van der Waals surface area contributed by atoms with E-state index in [9.17, 15) is 0 Å². The lowest BCUT2D eigenvalue weighted by Crippen LogP contribution is -2.37. The molecular weight excluding hydrogens is 188 g/mol. The van der Waals surface area contributed by atoms with Crippen molar-refractivity contribution in [2.45, 2.75) is 26.2 Å². The summed E-state index contributed by atoms with van der Waals surface area (Å²) in [7, 11) is 1.78. The van der Waals surface area contributed by atoms with Crippen LogP contribution in [0.25, 0.3) is 0 Å². The molecule has 2 N–H and O–H groups in total. The first-order chi connectivity index (χ1) is 7.26. The Kier molecular flexibility index (Phi) is 6.22. The highest BCUT2D eigenvalue weighted by Crippen LogP contribution is 2.20. The molecule has 0 spiro atoms. The van der Waals surface area contributed by atoms with Gasteiger partial charge < -0.3 is 15.4 Å². The third kappa shape index (κ3) is 4.96. The van der Waals surface area contributed by atoms with Crippen molar-refractivity contribution in [1.82, 2.24) is 4.90 Å². The second-order valence-corrected chi connectivity index (χ2v) is 4.88. The van der Waals surface area contributed by atoms with Crippen LogP contribution in [0.5, 0.6) is 0 Å². The van der Waals surface area contributed by atoms with E-state index in [4.69, 9.17) is 10.5 Å². The minimum atomic E-state index is 0.654. The monoisotopic (exact) mass is 214 g/mol. The van der Waals surface area contributed by atoms with E-state index in [1.165, 1.54) is 38.9 Å². The number of nitrogens with two attached hydrogens (primary N) is 1. The Hall–Kier alpha value is -0.120. The van der Waals surface area contributed by atoms with E-state index in [1.807, 2.05) is 0 Å². The van der Waals surface area contributed by atoms with Crippen molar-refractivity contribution >= 4 is 0 Å². The first kappa shape index (κ1) is 12.9. The van der Waals surface area contributed by atoms with Crippen molar-refractivity contribution in [2.24, 2.45) is 17.6 Å². The Labute approximate surface area is 94.0 Å². The highest BCUT2D eigenvalue weighted by atomic mass is 16.5. The quantitative estimate of drug-likeness (QED) is 0.725. The molecule has 0 bridgehead atoms. The van der Waals surface area contributed by atoms with Gasteiger partial charge in [0.1, 0.15) is 0 Å². The molecule has 15 heavy (non-hydrogen) atoms. The Morgan fingerprint density at radius 3 is 2.60 bits per heavy atom. The van der Waals surface area contributed by atoms with Crippen LogP contribution < -0.4 is 5.73 Å². The molecule has 0 aromatic heterocycles. The fourth-order valence-corrected chi connectivity index (χ4v) is 2.47. The van der Waals surface area contributed by atoms with Gasteiger partial charge in [0.2, 0.25) is 0 Å². The summed E-state index contributed by atoms with van der Waals surface area (Å²) in [5, 5.41) is 0. The van der Waals surface area contributed by atoms with Gasteiger partial charge in [-0.05, 0) is 50.7 Å². The molecule has 1 heterocycles. The number of methoxy groups -OCH3 is 1. The number of piperidine rings is 1. The Bertz CT molecular complexity index is 156. The summed E-state index contributed by atoms with van der Waals surface area (Å²) >= 11 is 0. The van der Waals surface area contributed by atoms with E-state index in [0.717, 1.165) is 19.1 Å². The molecule has 1 aliphatic rings. The van der Waals surface area contributed by atoms with Gasteiger partial charge in [0.05, 0.1) is 0 Å². The van der Waals surface area contributed by atoms with Gasteiger partial charge in [-0.15, -0.1) is 0 Å². The third-order valence-electron chi connectivity index (χ3n) is 3.30. The van der Waals surface area contributed by atoms with E-state index >= 15 is 0 Å². The molecule has 1 aliphatic heterocycles. The van der Waals surface area contributed by atoms with Gasteiger partial charge in [-0.1, -0.05) is 6.92 Å². The largest absolute Gasteiger partial charge is 0.384 e. The van der Waals surface area contributed by atoms with Crippen molar-refractivity contribution in [3.05, 3.63) is 0 Å². The first-order valence-electron chi connectivity index (χ1n) is 6.17. The zero-order valence-electron chi connectivity index (χ0n) is 10.2. The molecule has 1 atom stereocenters. The van der Waals surface area contributed by atoms with Gasteiger partial charge in [0, 0.05) is 20.3 Å². The first-order valence-corrected chi connectivity index (χ1v) is 6.17. The Morgan fingerprint density at radius 2 is 2.07 bits per heavy atom. The zero-order chi connectivity index (χ0) is 11.1. The van der Waals surface area contributed by atoms with Gasteiger partial charge in [-0.3, -0.25) is 0 Å². The van der Waals surface area contributed by atoms with E-state index in [-0.39, 0.29) is 0 Å². The number of nitrogens with zero attached hydrogens (tertiary/aromatic N) is 1. The van der Waals surface area contributed by atoms with Crippen LogP contribution in [0.3, 0.4) is 0 Å². The predicted octanol–water partition coefficient (Wildman–Crippen LogP) is 1.33. The van der Waals surface area contributed by atoms with E-state index in [0.29, 0.717) is 5.92 Å². The molecule has 0 amide bonds. The average Bonchev–Trinajstić information content (AvgIpc) is 2.22. The van der Waals surface area contributed by atoms with Crippen LogP contribution in [-0.2, 0) is 4.74 Å². The number of ether oxygens (including phenoxy) is 1. The molecule has 0 aliphatic carbocycles. The molecule has 0 aromatic rings. The maximum absolute atomic E-state index is 5.58. The van der Waals surface area contributed by atoms with Gasteiger partial charge in [0.25, 0.3) is 0 Å². The fraction of sp³-hybridized carbons (Fsp3) is 1.00. The fourth-order valence-electron chi connectivity index (χ4n) is 2.47. The van der Waals surface area contributed by atoms with Crippen molar-refractivity contribution in [3.63, 3.8) is 0 Å². The highest BCUT2D eigenvalue weighted by molar-refractivity contribution is 4.73. The molecule has 0 aromatic carbocycles. The smallest absolute Gasteiger partial charge is 0.0500 e. The molecule has 1 saturated heterocycles. The van der Waals surface area contributed by atoms with Crippen LogP contribution in [0.15, 0.2) is 0 Å². The van der Waals surface area contributed by atoms with Crippen LogP contribution in [0, 0.1) is 11.8 Å². The second-order valence-electron chi connectivity index (χ2n) is 4.88. The number of hydrogen-bond acceptors (Lipinski definition) is 3. The normalized spacial score (nSPS) is 21.8. The lowest BCUT2D eigenvalue weighted by Gasteiger charge is -2.33. The highest BCUT2D eigenvalue weighted by Gasteiger charge is 2.19. The van der Waals surface area contributed by atoms with Crippen LogP contribution >= 0.6 is 0 Å². The third-order valence-corrected chi connectivity index (χ3v) is 3.30. The maximum Gasteiger partial charge on any atom is 0.0500 e. The lowest BCUT2D eigenvalue weighted by atomic mass is 9.93. The molecular formula is C12H26N2O. The molecule has 1 unspecified atom stereocenters. The summed E-state index contributed by atoms with van der Waals surface area (Å²) in [5.74, 6) is 1.53. The molecule has 3 nitrogen and oxygen atoms in total. The van der Waals surface area contributed by atoms with E-state index < -0.39 is 0 Å². The van der Waals surface area contributed by atoms with Crippen LogP contribution in [0.1, 0.15) is 26.2 Å². The predicted molar refractivity (Wildman–Crippen MR) is 63.9 cm³/mol. The summed E-state index contributed by atoms with van der Waals surface area (Å²) in [6.45, 7) is 7.67. The minimum Gasteiger partial charge on any atom is -0.384 e. The van der Waals surface area contributed by atoms with Gasteiger partial charge >= 0.3 is 0 Å². The van der Waals surface area contributed by atoms with Crippen molar-refractivity contribution in [3.8, 4) is 0 Å². The summed E-state index contributed by atoms with van der Waals surface area (Å²) in [6.07, 6.45) is 3.87. The zero-order valence-corrected chi connectivity index (χ0v) is 10.2. The van der Waals surface area contributed by atoms with Gasteiger partial charge in [-0.2, -0.15) is 0 Å². The minimum absolute atomic E-state index is 0.654. The van der Waals surface area contributed by atoms with Crippen molar-refractivity contribution in [1.29, 1.82) is 0 Å².